The minimum atomic E-state index is -5.08. The molecule has 7 nitrogen and oxygen atoms in total. The predicted octanol–water partition coefficient (Wildman–Crippen LogP) is 2.51. The van der Waals surface area contributed by atoms with Gasteiger partial charge in [-0.15, -0.1) is 0 Å². The number of amides is 2. The van der Waals surface area contributed by atoms with Crippen LogP contribution >= 0.6 is 11.3 Å². The molecule has 2 atom stereocenters. The SMILES string of the molecule is O=C(O)C(F)(F)F.O=C(c1ccsc1)N1C[C@H]2CN(Cc3cccnc3)C(=O)[C@H]2C1. The van der Waals surface area contributed by atoms with Crippen LogP contribution in [0.3, 0.4) is 0 Å². The number of aliphatic carboxylic acids is 1. The second kappa shape index (κ2) is 8.82. The number of nitrogens with zero attached hydrogens (tertiary/aromatic N) is 3. The molecule has 2 saturated heterocycles. The van der Waals surface area contributed by atoms with E-state index in [4.69, 9.17) is 9.90 Å². The maximum absolute atomic E-state index is 12.6. The molecule has 0 spiro atoms. The van der Waals surface area contributed by atoms with Gasteiger partial charge in [-0.2, -0.15) is 24.5 Å². The molecule has 2 aromatic rings. The number of pyridine rings is 1. The van der Waals surface area contributed by atoms with Crippen molar-refractivity contribution in [1.29, 1.82) is 0 Å². The molecule has 0 aliphatic carbocycles. The molecule has 4 heterocycles. The molecular formula is C19H18F3N3O4S. The average molecular weight is 441 g/mol. The molecule has 160 valence electrons. The number of halogens is 3. The Labute approximate surface area is 173 Å². The first-order valence-electron chi connectivity index (χ1n) is 8.96. The number of hydrogen-bond donors (Lipinski definition) is 1. The molecule has 1 N–H and O–H groups in total. The molecule has 2 fully saturated rings. The summed E-state index contributed by atoms with van der Waals surface area (Å²) in [5.41, 5.74) is 1.78. The summed E-state index contributed by atoms with van der Waals surface area (Å²) in [4.78, 5) is 41.8. The van der Waals surface area contributed by atoms with E-state index in [0.29, 0.717) is 19.6 Å². The standard InChI is InChI=1S/C17H17N3O2S.C2HF3O2/c21-16(13-3-5-23-11-13)20-9-14-8-19(17(22)15(14)10-20)7-12-2-1-4-18-6-12;3-2(4,5)1(6)7/h1-6,11,14-15H,7-10H2;(H,6,7)/t14-,15+;/m1./s1. The topological polar surface area (TPSA) is 90.8 Å². The zero-order valence-electron chi connectivity index (χ0n) is 15.6. The summed E-state index contributed by atoms with van der Waals surface area (Å²) in [6.45, 7) is 2.56. The van der Waals surface area contributed by atoms with E-state index >= 15 is 0 Å². The number of carbonyl (C=O) groups excluding carboxylic acids is 2. The lowest BCUT2D eigenvalue weighted by molar-refractivity contribution is -0.192. The molecule has 2 aromatic heterocycles. The van der Waals surface area contributed by atoms with Gasteiger partial charge < -0.3 is 14.9 Å². The number of carbonyl (C=O) groups is 3. The molecule has 0 aromatic carbocycles. The van der Waals surface area contributed by atoms with Crippen LogP contribution in [0.25, 0.3) is 0 Å². The third-order valence-electron chi connectivity index (χ3n) is 4.92. The lowest BCUT2D eigenvalue weighted by Crippen LogP contribution is -2.35. The summed E-state index contributed by atoms with van der Waals surface area (Å²) in [5.74, 6) is -2.34. The van der Waals surface area contributed by atoms with Gasteiger partial charge in [-0.1, -0.05) is 6.07 Å². The number of carboxylic acids is 1. The largest absolute Gasteiger partial charge is 0.490 e. The van der Waals surface area contributed by atoms with Crippen molar-refractivity contribution >= 4 is 29.1 Å². The van der Waals surface area contributed by atoms with Gasteiger partial charge in [0.1, 0.15) is 0 Å². The number of aromatic nitrogens is 1. The van der Waals surface area contributed by atoms with E-state index in [1.54, 1.807) is 12.4 Å². The van der Waals surface area contributed by atoms with Crippen LogP contribution in [0.1, 0.15) is 15.9 Å². The molecule has 2 aliphatic rings. The fraction of sp³-hybridized carbons (Fsp3) is 0.368. The zero-order chi connectivity index (χ0) is 21.9. The second-order valence-electron chi connectivity index (χ2n) is 6.97. The van der Waals surface area contributed by atoms with E-state index < -0.39 is 12.1 Å². The second-order valence-corrected chi connectivity index (χ2v) is 7.75. The Balaban J connectivity index is 0.000000318. The maximum atomic E-state index is 12.6. The van der Waals surface area contributed by atoms with E-state index in [1.807, 2.05) is 38.8 Å². The summed E-state index contributed by atoms with van der Waals surface area (Å²) in [6, 6.07) is 5.72. The lowest BCUT2D eigenvalue weighted by Gasteiger charge is -2.21. The zero-order valence-corrected chi connectivity index (χ0v) is 16.4. The lowest BCUT2D eigenvalue weighted by atomic mass is 10.0. The van der Waals surface area contributed by atoms with Crippen molar-refractivity contribution in [1.82, 2.24) is 14.8 Å². The highest BCUT2D eigenvalue weighted by molar-refractivity contribution is 7.08. The number of thiophene rings is 1. The van der Waals surface area contributed by atoms with Gasteiger partial charge in [0.2, 0.25) is 5.91 Å². The van der Waals surface area contributed by atoms with Gasteiger partial charge in [-0.25, -0.2) is 4.79 Å². The van der Waals surface area contributed by atoms with Gasteiger partial charge >= 0.3 is 12.1 Å². The van der Waals surface area contributed by atoms with Crippen LogP contribution in [0, 0.1) is 11.8 Å². The Hall–Kier alpha value is -2.95. The summed E-state index contributed by atoms with van der Waals surface area (Å²) >= 11 is 1.52. The molecule has 11 heteroatoms. The number of hydrogen-bond acceptors (Lipinski definition) is 5. The molecule has 0 radical (unpaired) electrons. The highest BCUT2D eigenvalue weighted by Crippen LogP contribution is 2.33. The van der Waals surface area contributed by atoms with E-state index in [2.05, 4.69) is 4.98 Å². The quantitative estimate of drug-likeness (QED) is 0.791. The Morgan fingerprint density at radius 2 is 1.97 bits per heavy atom. The van der Waals surface area contributed by atoms with Crippen LogP contribution in [-0.4, -0.2) is 63.5 Å². The molecule has 30 heavy (non-hydrogen) atoms. The monoisotopic (exact) mass is 441 g/mol. The van der Waals surface area contributed by atoms with Crippen LogP contribution in [0.5, 0.6) is 0 Å². The third kappa shape index (κ3) is 4.96. The molecule has 0 bridgehead atoms. The van der Waals surface area contributed by atoms with Gasteiger partial charge in [0.05, 0.1) is 11.5 Å². The van der Waals surface area contributed by atoms with Crippen molar-refractivity contribution in [3.8, 4) is 0 Å². The minimum absolute atomic E-state index is 0.0470. The van der Waals surface area contributed by atoms with Gasteiger partial charge in [-0.05, 0) is 23.1 Å². The fourth-order valence-corrected chi connectivity index (χ4v) is 4.16. The Morgan fingerprint density at radius 1 is 1.23 bits per heavy atom. The van der Waals surface area contributed by atoms with E-state index in [0.717, 1.165) is 17.7 Å². The predicted molar refractivity (Wildman–Crippen MR) is 101 cm³/mol. The Morgan fingerprint density at radius 3 is 2.50 bits per heavy atom. The molecular weight excluding hydrogens is 423 g/mol. The number of fused-ring (bicyclic) bond motifs is 1. The highest BCUT2D eigenvalue weighted by atomic mass is 32.1. The summed E-state index contributed by atoms with van der Waals surface area (Å²) in [6.07, 6.45) is -1.55. The van der Waals surface area contributed by atoms with Crippen LogP contribution in [-0.2, 0) is 16.1 Å². The van der Waals surface area contributed by atoms with Crippen LogP contribution in [0.2, 0.25) is 0 Å². The van der Waals surface area contributed by atoms with Gasteiger partial charge in [0.25, 0.3) is 5.91 Å². The van der Waals surface area contributed by atoms with Crippen molar-refractivity contribution in [2.24, 2.45) is 11.8 Å². The molecule has 0 saturated carbocycles. The first kappa shape index (κ1) is 21.8. The normalized spacial score (nSPS) is 20.6. The third-order valence-corrected chi connectivity index (χ3v) is 5.60. The van der Waals surface area contributed by atoms with Crippen molar-refractivity contribution < 1.29 is 32.7 Å². The van der Waals surface area contributed by atoms with Gasteiger partial charge in [0.15, 0.2) is 0 Å². The van der Waals surface area contributed by atoms with E-state index in [9.17, 15) is 22.8 Å². The highest BCUT2D eigenvalue weighted by Gasteiger charge is 2.47. The smallest absolute Gasteiger partial charge is 0.475 e. The van der Waals surface area contributed by atoms with Crippen LogP contribution in [0.15, 0.2) is 41.4 Å². The van der Waals surface area contributed by atoms with Gasteiger partial charge in [-0.3, -0.25) is 14.6 Å². The van der Waals surface area contributed by atoms with Gasteiger partial charge in [0, 0.05) is 49.9 Å². The van der Waals surface area contributed by atoms with Crippen LogP contribution < -0.4 is 0 Å². The number of likely N-dealkylation sites (tertiary alicyclic amines) is 2. The number of alkyl halides is 3. The van der Waals surface area contributed by atoms with Crippen molar-refractivity contribution in [3.63, 3.8) is 0 Å². The Kier molecular flexibility index (Phi) is 6.40. The Bertz CT molecular complexity index is 906. The average Bonchev–Trinajstić information content (AvgIpc) is 3.42. The summed E-state index contributed by atoms with van der Waals surface area (Å²) in [7, 11) is 0. The minimum Gasteiger partial charge on any atom is -0.475 e. The molecule has 2 aliphatic heterocycles. The van der Waals surface area contributed by atoms with Crippen molar-refractivity contribution in [2.75, 3.05) is 19.6 Å². The summed E-state index contributed by atoms with van der Waals surface area (Å²) in [5, 5.41) is 10.9. The van der Waals surface area contributed by atoms with Crippen molar-refractivity contribution in [3.05, 3.63) is 52.5 Å². The fourth-order valence-electron chi connectivity index (χ4n) is 3.53. The summed E-state index contributed by atoms with van der Waals surface area (Å²) < 4.78 is 31.7. The maximum Gasteiger partial charge on any atom is 0.490 e. The first-order valence-corrected chi connectivity index (χ1v) is 9.90. The first-order chi connectivity index (χ1) is 14.2. The van der Waals surface area contributed by atoms with E-state index in [1.165, 1.54) is 11.3 Å². The van der Waals surface area contributed by atoms with Crippen molar-refractivity contribution in [2.45, 2.75) is 12.7 Å². The molecule has 4 rings (SSSR count). The number of rotatable bonds is 3. The van der Waals surface area contributed by atoms with Crippen LogP contribution in [0.4, 0.5) is 13.2 Å². The molecule has 2 amide bonds. The number of carboxylic acid groups (broad SMARTS) is 1. The molecule has 0 unspecified atom stereocenters. The van der Waals surface area contributed by atoms with E-state index in [-0.39, 0.29) is 23.7 Å².